The first-order valence-corrected chi connectivity index (χ1v) is 12.8. The highest BCUT2D eigenvalue weighted by Gasteiger charge is 2.50. The highest BCUT2D eigenvalue weighted by atomic mass is 16.5. The molecule has 1 aliphatic heterocycles. The minimum atomic E-state index is -0.539. The molecule has 2 N–H and O–H groups in total. The van der Waals surface area contributed by atoms with Gasteiger partial charge in [0.25, 0.3) is 0 Å². The summed E-state index contributed by atoms with van der Waals surface area (Å²) < 4.78 is 5.80. The van der Waals surface area contributed by atoms with E-state index in [0.717, 1.165) is 43.1 Å². The van der Waals surface area contributed by atoms with Crippen molar-refractivity contribution < 1.29 is 14.9 Å². The number of aliphatic hydroxyl groups is 2. The van der Waals surface area contributed by atoms with Gasteiger partial charge in [0.15, 0.2) is 0 Å². The van der Waals surface area contributed by atoms with Crippen molar-refractivity contribution in [2.45, 2.75) is 110 Å². The molecular formula is C28H44O3. The summed E-state index contributed by atoms with van der Waals surface area (Å²) in [6.45, 7) is 9.53. The SMILES string of the molecule is C[C@H](CCCC(C)(C)O)[C@H]1CC[C@H]2/C(=C/C=C3\C[C@@H](O)C4=CCO[C@@H]4C3)CCC[C@]12C. The highest BCUT2D eigenvalue weighted by Crippen LogP contribution is 2.60. The molecule has 3 aliphatic carbocycles. The van der Waals surface area contributed by atoms with Crippen LogP contribution in [0.5, 0.6) is 0 Å². The first kappa shape index (κ1) is 23.3. The molecular weight excluding hydrogens is 384 g/mol. The number of allylic oxidation sites excluding steroid dienone is 3. The van der Waals surface area contributed by atoms with E-state index in [-0.39, 0.29) is 12.2 Å². The Morgan fingerprint density at radius 3 is 2.84 bits per heavy atom. The second kappa shape index (κ2) is 9.15. The molecule has 0 radical (unpaired) electrons. The van der Waals surface area contributed by atoms with Crippen LogP contribution >= 0.6 is 0 Å². The predicted molar refractivity (Wildman–Crippen MR) is 127 cm³/mol. The monoisotopic (exact) mass is 428 g/mol. The molecule has 0 unspecified atom stereocenters. The second-order valence-corrected chi connectivity index (χ2v) is 11.8. The van der Waals surface area contributed by atoms with Crippen molar-refractivity contribution in [3.8, 4) is 0 Å². The minimum absolute atomic E-state index is 0.102. The average Bonchev–Trinajstić information content (AvgIpc) is 3.29. The van der Waals surface area contributed by atoms with Crippen LogP contribution < -0.4 is 0 Å². The summed E-state index contributed by atoms with van der Waals surface area (Å²) in [5, 5.41) is 20.5. The Kier molecular flexibility index (Phi) is 6.87. The lowest BCUT2D eigenvalue weighted by atomic mass is 9.60. The van der Waals surface area contributed by atoms with E-state index < -0.39 is 5.60 Å². The summed E-state index contributed by atoms with van der Waals surface area (Å²) >= 11 is 0. The van der Waals surface area contributed by atoms with Gasteiger partial charge in [0.2, 0.25) is 0 Å². The van der Waals surface area contributed by atoms with Crippen LogP contribution in [0.4, 0.5) is 0 Å². The molecule has 0 amide bonds. The van der Waals surface area contributed by atoms with Gasteiger partial charge in [0.05, 0.1) is 24.4 Å². The summed E-state index contributed by atoms with van der Waals surface area (Å²) in [5.74, 6) is 2.24. The van der Waals surface area contributed by atoms with Gasteiger partial charge in [-0.3, -0.25) is 0 Å². The van der Waals surface area contributed by atoms with Gasteiger partial charge in [-0.2, -0.15) is 0 Å². The number of rotatable bonds is 6. The molecule has 0 aromatic heterocycles. The lowest BCUT2D eigenvalue weighted by Crippen LogP contribution is -2.36. The standard InChI is InChI=1S/C28H44O3/c1-19(7-5-14-27(2,3)30)23-11-12-24-21(8-6-15-28(23,24)4)10-9-20-17-25(29)22-13-16-31-26(22)18-20/h9-10,13,19,23-26,29-30H,5-8,11-12,14-18H2,1-4H3/b20-9+,21-10+/t19-,23-,24+,25-,26-,28-/m1/s1. The molecule has 4 rings (SSSR count). The zero-order valence-corrected chi connectivity index (χ0v) is 20.2. The van der Waals surface area contributed by atoms with Crippen molar-refractivity contribution >= 4 is 0 Å². The van der Waals surface area contributed by atoms with E-state index in [9.17, 15) is 10.2 Å². The molecule has 174 valence electrons. The van der Waals surface area contributed by atoms with Gasteiger partial charge in [-0.25, -0.2) is 0 Å². The quantitative estimate of drug-likeness (QED) is 0.502. The molecule has 6 atom stereocenters. The Labute approximate surface area is 189 Å². The molecule has 3 nitrogen and oxygen atoms in total. The lowest BCUT2D eigenvalue weighted by molar-refractivity contribution is 0.0596. The van der Waals surface area contributed by atoms with Crippen molar-refractivity contribution in [2.75, 3.05) is 6.61 Å². The molecule has 0 spiro atoms. The van der Waals surface area contributed by atoms with Gasteiger partial charge in [0.1, 0.15) is 0 Å². The molecule has 0 aromatic carbocycles. The first-order valence-electron chi connectivity index (χ1n) is 12.8. The fourth-order valence-electron chi connectivity index (χ4n) is 7.34. The number of fused-ring (bicyclic) bond motifs is 2. The van der Waals surface area contributed by atoms with E-state index in [0.29, 0.717) is 17.9 Å². The van der Waals surface area contributed by atoms with Crippen molar-refractivity contribution in [1.29, 1.82) is 0 Å². The van der Waals surface area contributed by atoms with E-state index in [2.05, 4.69) is 32.1 Å². The van der Waals surface area contributed by atoms with Gasteiger partial charge in [0, 0.05) is 0 Å². The van der Waals surface area contributed by atoms with Crippen LogP contribution in [-0.4, -0.2) is 34.6 Å². The zero-order valence-electron chi connectivity index (χ0n) is 20.2. The summed E-state index contributed by atoms with van der Waals surface area (Å²) in [4.78, 5) is 0. The summed E-state index contributed by atoms with van der Waals surface area (Å²) in [6, 6.07) is 0. The Balaban J connectivity index is 1.42. The average molecular weight is 429 g/mol. The third-order valence-corrected chi connectivity index (χ3v) is 8.98. The normalized spacial score (nSPS) is 39.5. The van der Waals surface area contributed by atoms with Gasteiger partial charge in [-0.05, 0) is 94.0 Å². The van der Waals surface area contributed by atoms with E-state index in [1.54, 1.807) is 5.57 Å². The van der Waals surface area contributed by atoms with Crippen LogP contribution in [-0.2, 0) is 4.74 Å². The molecule has 1 heterocycles. The number of hydrogen-bond donors (Lipinski definition) is 2. The van der Waals surface area contributed by atoms with Gasteiger partial charge in [-0.15, -0.1) is 0 Å². The topological polar surface area (TPSA) is 49.7 Å². The highest BCUT2D eigenvalue weighted by molar-refractivity contribution is 5.32. The maximum Gasteiger partial charge on any atom is 0.0852 e. The van der Waals surface area contributed by atoms with E-state index in [1.165, 1.54) is 44.1 Å². The molecule has 4 aliphatic rings. The Morgan fingerprint density at radius 1 is 1.26 bits per heavy atom. The summed E-state index contributed by atoms with van der Waals surface area (Å²) in [7, 11) is 0. The maximum absolute atomic E-state index is 10.5. The van der Waals surface area contributed by atoms with E-state index >= 15 is 0 Å². The van der Waals surface area contributed by atoms with Gasteiger partial charge in [-0.1, -0.05) is 56.1 Å². The fraction of sp³-hybridized carbons (Fsp3) is 0.786. The number of ether oxygens (including phenoxy) is 1. The Hall–Kier alpha value is -0.900. The van der Waals surface area contributed by atoms with Gasteiger partial charge >= 0.3 is 0 Å². The van der Waals surface area contributed by atoms with Crippen molar-refractivity contribution in [2.24, 2.45) is 23.2 Å². The van der Waals surface area contributed by atoms with E-state index in [1.807, 2.05) is 13.8 Å². The predicted octanol–water partition coefficient (Wildman–Crippen LogP) is 6.11. The molecule has 0 bridgehead atoms. The van der Waals surface area contributed by atoms with Crippen molar-refractivity contribution in [3.05, 3.63) is 34.9 Å². The zero-order chi connectivity index (χ0) is 22.2. The van der Waals surface area contributed by atoms with Gasteiger partial charge < -0.3 is 14.9 Å². The number of hydrogen-bond acceptors (Lipinski definition) is 3. The number of aliphatic hydroxyl groups excluding tert-OH is 1. The first-order chi connectivity index (χ1) is 14.7. The van der Waals surface area contributed by atoms with Crippen LogP contribution in [0.15, 0.2) is 34.9 Å². The van der Waals surface area contributed by atoms with Crippen LogP contribution in [0, 0.1) is 23.2 Å². The molecule has 0 saturated heterocycles. The van der Waals surface area contributed by atoms with Crippen LogP contribution in [0.25, 0.3) is 0 Å². The smallest absolute Gasteiger partial charge is 0.0852 e. The van der Waals surface area contributed by atoms with Crippen LogP contribution in [0.3, 0.4) is 0 Å². The summed E-state index contributed by atoms with van der Waals surface area (Å²) in [5.41, 5.74) is 3.98. The third kappa shape index (κ3) is 5.04. The van der Waals surface area contributed by atoms with Crippen LogP contribution in [0.1, 0.15) is 91.9 Å². The second-order valence-electron chi connectivity index (χ2n) is 11.8. The maximum atomic E-state index is 10.5. The molecule has 3 saturated carbocycles. The van der Waals surface area contributed by atoms with Crippen molar-refractivity contribution in [1.82, 2.24) is 0 Å². The molecule has 0 aromatic rings. The fourth-order valence-corrected chi connectivity index (χ4v) is 7.34. The van der Waals surface area contributed by atoms with E-state index in [4.69, 9.17) is 4.74 Å². The van der Waals surface area contributed by atoms with Crippen LogP contribution in [0.2, 0.25) is 0 Å². The molecule has 3 fully saturated rings. The third-order valence-electron chi connectivity index (χ3n) is 8.98. The minimum Gasteiger partial charge on any atom is -0.390 e. The lowest BCUT2D eigenvalue weighted by Gasteiger charge is -2.44. The Morgan fingerprint density at radius 2 is 2.06 bits per heavy atom. The largest absolute Gasteiger partial charge is 0.390 e. The molecule has 3 heteroatoms. The van der Waals surface area contributed by atoms with Crippen molar-refractivity contribution in [3.63, 3.8) is 0 Å². The summed E-state index contributed by atoms with van der Waals surface area (Å²) in [6.07, 6.45) is 18.1. The molecule has 31 heavy (non-hydrogen) atoms. The Bertz CT molecular complexity index is 740.